The minimum Gasteiger partial charge on any atom is -0.323 e. The van der Waals surface area contributed by atoms with Gasteiger partial charge in [-0.15, -0.1) is 5.10 Å². The maximum atomic E-state index is 12.8. The van der Waals surface area contributed by atoms with Crippen LogP contribution in [0.2, 0.25) is 0 Å². The highest BCUT2D eigenvalue weighted by molar-refractivity contribution is 7.89. The summed E-state index contributed by atoms with van der Waals surface area (Å²) in [5.74, 6) is 0.389. The van der Waals surface area contributed by atoms with Crippen molar-refractivity contribution in [1.82, 2.24) is 19.3 Å². The van der Waals surface area contributed by atoms with Gasteiger partial charge in [0.2, 0.25) is 16.0 Å². The Bertz CT molecular complexity index is 1430. The Kier molecular flexibility index (Phi) is 5.42. The molecule has 2 heterocycles. The quantitative estimate of drug-likeness (QED) is 0.478. The number of benzene rings is 2. The van der Waals surface area contributed by atoms with Crippen LogP contribution in [0.1, 0.15) is 26.3 Å². The highest BCUT2D eigenvalue weighted by Crippen LogP contribution is 2.25. The molecule has 0 fully saturated rings. The molecular weight excluding hydrogens is 424 g/mol. The Morgan fingerprint density at radius 1 is 1.00 bits per heavy atom. The lowest BCUT2D eigenvalue weighted by molar-refractivity contribution is 0.491. The zero-order valence-corrected chi connectivity index (χ0v) is 18.7. The van der Waals surface area contributed by atoms with Crippen molar-refractivity contribution in [1.29, 1.82) is 5.26 Å². The second-order valence-corrected chi connectivity index (χ2v) is 10.00. The first-order valence-electron chi connectivity index (χ1n) is 9.92. The minimum absolute atomic E-state index is 0.179. The summed E-state index contributed by atoms with van der Waals surface area (Å²) >= 11 is 0. The lowest BCUT2D eigenvalue weighted by Crippen LogP contribution is -2.40. The van der Waals surface area contributed by atoms with Gasteiger partial charge in [-0.25, -0.2) is 17.7 Å². The number of sulfonamides is 1. The van der Waals surface area contributed by atoms with E-state index in [1.54, 1.807) is 67.8 Å². The van der Waals surface area contributed by atoms with Crippen molar-refractivity contribution in [2.75, 3.05) is 5.32 Å². The predicted molar refractivity (Wildman–Crippen MR) is 123 cm³/mol. The summed E-state index contributed by atoms with van der Waals surface area (Å²) in [7, 11) is -3.67. The van der Waals surface area contributed by atoms with Crippen LogP contribution >= 0.6 is 0 Å². The molecule has 0 unspecified atom stereocenters. The first kappa shape index (κ1) is 21.5. The molecule has 32 heavy (non-hydrogen) atoms. The predicted octanol–water partition coefficient (Wildman–Crippen LogP) is 4.09. The van der Waals surface area contributed by atoms with Gasteiger partial charge in [-0.2, -0.15) is 10.2 Å². The number of pyridine rings is 1. The second kappa shape index (κ2) is 8.07. The molecular formula is C23H22N6O2S. The van der Waals surface area contributed by atoms with Gasteiger partial charge in [-0.05, 0) is 69.3 Å². The molecule has 2 aromatic carbocycles. The second-order valence-electron chi connectivity index (χ2n) is 8.31. The Morgan fingerprint density at radius 3 is 2.41 bits per heavy atom. The van der Waals surface area contributed by atoms with Gasteiger partial charge in [0.15, 0.2) is 5.65 Å². The smallest absolute Gasteiger partial charge is 0.247 e. The standard InChI is InChI=1S/C23H22N6O2S/c1-23(2,3)28-32(30,31)19-7-4-6-17(14-19)20-8-5-9-21-26-22(27-29(20)21)25-18-12-10-16(15-24)11-13-18/h4-14,28H,1-3H3,(H,25,27). The molecule has 0 saturated heterocycles. The summed E-state index contributed by atoms with van der Waals surface area (Å²) < 4.78 is 29.9. The van der Waals surface area contributed by atoms with Crippen LogP contribution < -0.4 is 10.0 Å². The van der Waals surface area contributed by atoms with E-state index in [4.69, 9.17) is 5.26 Å². The van der Waals surface area contributed by atoms with Gasteiger partial charge in [-0.3, -0.25) is 0 Å². The van der Waals surface area contributed by atoms with E-state index in [1.165, 1.54) is 0 Å². The fourth-order valence-electron chi connectivity index (χ4n) is 3.22. The molecule has 2 aromatic heterocycles. The number of aromatic nitrogens is 3. The SMILES string of the molecule is CC(C)(C)NS(=O)(=O)c1cccc(-c2cccc3nc(Nc4ccc(C#N)cc4)nn23)c1. The van der Waals surface area contributed by atoms with Gasteiger partial charge in [0.1, 0.15) is 0 Å². The summed E-state index contributed by atoms with van der Waals surface area (Å²) in [6.45, 7) is 5.40. The van der Waals surface area contributed by atoms with E-state index in [1.807, 2.05) is 24.3 Å². The highest BCUT2D eigenvalue weighted by atomic mass is 32.2. The summed E-state index contributed by atoms with van der Waals surface area (Å²) in [5.41, 5.74) is 2.74. The van der Waals surface area contributed by atoms with Crippen LogP contribution in [-0.4, -0.2) is 28.6 Å². The van der Waals surface area contributed by atoms with Crippen molar-refractivity contribution in [2.24, 2.45) is 0 Å². The van der Waals surface area contributed by atoms with E-state index >= 15 is 0 Å². The molecule has 4 rings (SSSR count). The normalized spacial score (nSPS) is 11.9. The third-order valence-corrected chi connectivity index (χ3v) is 6.27. The van der Waals surface area contributed by atoms with Crippen LogP contribution in [0.5, 0.6) is 0 Å². The Hall–Kier alpha value is -3.74. The molecule has 162 valence electrons. The topological polar surface area (TPSA) is 112 Å². The molecule has 0 aliphatic carbocycles. The van der Waals surface area contributed by atoms with E-state index < -0.39 is 15.6 Å². The third-order valence-electron chi connectivity index (χ3n) is 4.51. The molecule has 0 aliphatic rings. The number of hydrogen-bond donors (Lipinski definition) is 2. The third kappa shape index (κ3) is 4.61. The zero-order chi connectivity index (χ0) is 22.9. The lowest BCUT2D eigenvalue weighted by atomic mass is 10.1. The van der Waals surface area contributed by atoms with Crippen LogP contribution in [0.4, 0.5) is 11.6 Å². The van der Waals surface area contributed by atoms with Gasteiger partial charge in [0.25, 0.3) is 0 Å². The molecule has 8 nitrogen and oxygen atoms in total. The molecule has 4 aromatic rings. The van der Waals surface area contributed by atoms with Crippen molar-refractivity contribution >= 4 is 27.3 Å². The first-order chi connectivity index (χ1) is 15.1. The molecule has 0 radical (unpaired) electrons. The van der Waals surface area contributed by atoms with Crippen molar-refractivity contribution in [3.8, 4) is 17.3 Å². The minimum atomic E-state index is -3.67. The fraction of sp³-hybridized carbons (Fsp3) is 0.174. The fourth-order valence-corrected chi connectivity index (χ4v) is 4.68. The summed E-state index contributed by atoms with van der Waals surface area (Å²) in [4.78, 5) is 4.68. The van der Waals surface area contributed by atoms with Crippen molar-refractivity contribution in [3.05, 3.63) is 72.3 Å². The summed E-state index contributed by atoms with van der Waals surface area (Å²) in [5, 5.41) is 16.6. The van der Waals surface area contributed by atoms with Crippen molar-refractivity contribution in [3.63, 3.8) is 0 Å². The summed E-state index contributed by atoms with van der Waals surface area (Å²) in [6, 6.07) is 21.3. The first-order valence-corrected chi connectivity index (χ1v) is 11.4. The van der Waals surface area contributed by atoms with E-state index in [9.17, 15) is 8.42 Å². The molecule has 0 spiro atoms. The monoisotopic (exact) mass is 446 g/mol. The van der Waals surface area contributed by atoms with Crippen LogP contribution in [0.25, 0.3) is 16.9 Å². The Morgan fingerprint density at radius 2 is 1.72 bits per heavy atom. The summed E-state index contributed by atoms with van der Waals surface area (Å²) in [6.07, 6.45) is 0. The van der Waals surface area contributed by atoms with Crippen LogP contribution in [0, 0.1) is 11.3 Å². The largest absolute Gasteiger partial charge is 0.323 e. The number of nitriles is 1. The average molecular weight is 447 g/mol. The van der Waals surface area contributed by atoms with Gasteiger partial charge in [-0.1, -0.05) is 18.2 Å². The molecule has 0 aliphatic heterocycles. The van der Waals surface area contributed by atoms with Gasteiger partial charge < -0.3 is 5.32 Å². The highest BCUT2D eigenvalue weighted by Gasteiger charge is 2.22. The molecule has 0 amide bonds. The Balaban J connectivity index is 1.70. The number of nitrogens with one attached hydrogen (secondary N) is 2. The van der Waals surface area contributed by atoms with Crippen LogP contribution in [0.3, 0.4) is 0 Å². The number of anilines is 2. The lowest BCUT2D eigenvalue weighted by Gasteiger charge is -2.20. The maximum absolute atomic E-state index is 12.8. The van der Waals surface area contributed by atoms with Gasteiger partial charge in [0, 0.05) is 16.8 Å². The average Bonchev–Trinajstić information content (AvgIpc) is 3.15. The molecule has 0 saturated carbocycles. The maximum Gasteiger partial charge on any atom is 0.247 e. The molecule has 2 N–H and O–H groups in total. The van der Waals surface area contributed by atoms with E-state index in [2.05, 4.69) is 26.2 Å². The van der Waals surface area contributed by atoms with Crippen molar-refractivity contribution in [2.45, 2.75) is 31.2 Å². The number of hydrogen-bond acceptors (Lipinski definition) is 6. The number of fused-ring (bicyclic) bond motifs is 1. The number of nitrogens with zero attached hydrogens (tertiary/aromatic N) is 4. The molecule has 0 bridgehead atoms. The van der Waals surface area contributed by atoms with Gasteiger partial charge >= 0.3 is 0 Å². The van der Waals surface area contributed by atoms with Crippen LogP contribution in [-0.2, 0) is 10.0 Å². The van der Waals surface area contributed by atoms with E-state index in [0.717, 1.165) is 5.69 Å². The molecule has 0 atom stereocenters. The molecule has 9 heteroatoms. The van der Waals surface area contributed by atoms with E-state index in [-0.39, 0.29) is 4.90 Å². The number of rotatable bonds is 5. The van der Waals surface area contributed by atoms with Gasteiger partial charge in [0.05, 0.1) is 22.2 Å². The van der Waals surface area contributed by atoms with Crippen molar-refractivity contribution < 1.29 is 8.42 Å². The zero-order valence-electron chi connectivity index (χ0n) is 17.9. The van der Waals surface area contributed by atoms with E-state index in [0.29, 0.717) is 28.4 Å². The Labute approximate surface area is 186 Å². The van der Waals surface area contributed by atoms with Crippen LogP contribution in [0.15, 0.2) is 71.6 Å².